The van der Waals surface area contributed by atoms with Crippen molar-refractivity contribution in [1.82, 2.24) is 4.57 Å². The molecular weight excluding hydrogens is 435 g/mol. The zero-order chi connectivity index (χ0) is 18.6. The number of aromatic nitrogens is 1. The highest BCUT2D eigenvalue weighted by atomic mass is 127. The van der Waals surface area contributed by atoms with Gasteiger partial charge in [0.1, 0.15) is 11.6 Å². The number of aromatic hydroxyl groups is 1. The van der Waals surface area contributed by atoms with E-state index in [0.717, 1.165) is 13.7 Å². The van der Waals surface area contributed by atoms with E-state index >= 15 is 0 Å². The topological polar surface area (TPSA) is 111 Å². The Labute approximate surface area is 158 Å². The Morgan fingerprint density at radius 2 is 2.04 bits per heavy atom. The van der Waals surface area contributed by atoms with Gasteiger partial charge in [0.05, 0.1) is 5.69 Å². The van der Waals surface area contributed by atoms with Gasteiger partial charge in [-0.25, -0.2) is 0 Å². The molecule has 0 unspecified atom stereocenters. The molecule has 1 heterocycles. The minimum absolute atomic E-state index is 0.00323. The van der Waals surface area contributed by atoms with Crippen LogP contribution in [0.1, 0.15) is 23.1 Å². The first-order valence-electron chi connectivity index (χ1n) is 7.56. The molecule has 0 spiro atoms. The number of aliphatic hydroxyl groups is 1. The maximum Gasteiger partial charge on any atom is 0.281 e. The molecule has 2 rings (SSSR count). The molecule has 0 fully saturated rings. The number of azo groups is 1. The van der Waals surface area contributed by atoms with Gasteiger partial charge in [0.25, 0.3) is 5.56 Å². The lowest BCUT2D eigenvalue weighted by Crippen LogP contribution is -2.22. The Morgan fingerprint density at radius 1 is 1.32 bits per heavy atom. The van der Waals surface area contributed by atoms with Crippen LogP contribution in [-0.4, -0.2) is 21.4 Å². The van der Waals surface area contributed by atoms with Crippen LogP contribution in [0.5, 0.6) is 5.88 Å². The second-order valence-electron chi connectivity index (χ2n) is 5.45. The molecule has 0 radical (unpaired) electrons. The van der Waals surface area contributed by atoms with E-state index in [1.807, 2.05) is 25.1 Å². The van der Waals surface area contributed by atoms with Gasteiger partial charge in [-0.05, 0) is 66.6 Å². The Balaban J connectivity index is 2.56. The highest BCUT2D eigenvalue weighted by Gasteiger charge is 2.18. The molecule has 7 nitrogen and oxygen atoms in total. The molecule has 0 aliphatic carbocycles. The van der Waals surface area contributed by atoms with Crippen LogP contribution in [0.25, 0.3) is 0 Å². The van der Waals surface area contributed by atoms with Crippen molar-refractivity contribution in [3.05, 3.63) is 48.8 Å². The van der Waals surface area contributed by atoms with Gasteiger partial charge in [0.2, 0.25) is 5.88 Å². The third kappa shape index (κ3) is 4.05. The van der Waals surface area contributed by atoms with E-state index < -0.39 is 11.4 Å². The van der Waals surface area contributed by atoms with E-state index in [1.165, 1.54) is 0 Å². The van der Waals surface area contributed by atoms with Crippen molar-refractivity contribution in [2.75, 3.05) is 6.61 Å². The molecule has 0 aliphatic heterocycles. The Morgan fingerprint density at radius 3 is 2.64 bits per heavy atom. The summed E-state index contributed by atoms with van der Waals surface area (Å²) in [5, 5.41) is 36.5. The third-order valence-electron chi connectivity index (χ3n) is 3.72. The van der Waals surface area contributed by atoms with E-state index in [9.17, 15) is 15.2 Å². The van der Waals surface area contributed by atoms with E-state index in [1.54, 1.807) is 13.0 Å². The minimum Gasteiger partial charge on any atom is -0.493 e. The first kappa shape index (κ1) is 19.1. The largest absolute Gasteiger partial charge is 0.493 e. The lowest BCUT2D eigenvalue weighted by molar-refractivity contribution is 0.274. The van der Waals surface area contributed by atoms with E-state index in [0.29, 0.717) is 5.69 Å². The number of nitrogens with zero attached hydrogens (tertiary/aromatic N) is 4. The fourth-order valence-corrected chi connectivity index (χ4v) is 2.63. The quantitative estimate of drug-likeness (QED) is 0.535. The maximum atomic E-state index is 12.6. The molecule has 1 aromatic heterocycles. The molecule has 0 saturated heterocycles. The Kier molecular flexibility index (Phi) is 6.27. The van der Waals surface area contributed by atoms with Gasteiger partial charge in [0, 0.05) is 22.3 Å². The van der Waals surface area contributed by atoms with Crippen molar-refractivity contribution in [2.45, 2.75) is 26.8 Å². The fourth-order valence-electron chi connectivity index (χ4n) is 2.29. The first-order valence-corrected chi connectivity index (χ1v) is 8.63. The van der Waals surface area contributed by atoms with Gasteiger partial charge < -0.3 is 10.2 Å². The van der Waals surface area contributed by atoms with Gasteiger partial charge in [0.15, 0.2) is 5.69 Å². The highest BCUT2D eigenvalue weighted by molar-refractivity contribution is 14.1. The SMILES string of the molecule is Cc1cc(N=Nc2c(C)c(C#N)c(O)n(CCCO)c2=O)ccc1I. The summed E-state index contributed by atoms with van der Waals surface area (Å²) in [4.78, 5) is 12.6. The van der Waals surface area contributed by atoms with Gasteiger partial charge in [-0.3, -0.25) is 9.36 Å². The van der Waals surface area contributed by atoms with Crippen molar-refractivity contribution in [2.24, 2.45) is 10.2 Å². The average molecular weight is 452 g/mol. The zero-order valence-corrected chi connectivity index (χ0v) is 16.0. The molecular formula is C17H17IN4O3. The predicted molar refractivity (Wildman–Crippen MR) is 102 cm³/mol. The van der Waals surface area contributed by atoms with Crippen molar-refractivity contribution < 1.29 is 10.2 Å². The number of hydrogen-bond donors (Lipinski definition) is 2. The van der Waals surface area contributed by atoms with E-state index in [4.69, 9.17) is 5.11 Å². The number of aryl methyl sites for hydroxylation is 1. The molecule has 2 N–H and O–H groups in total. The van der Waals surface area contributed by atoms with E-state index in [2.05, 4.69) is 32.8 Å². The number of pyridine rings is 1. The molecule has 1 aromatic carbocycles. The summed E-state index contributed by atoms with van der Waals surface area (Å²) in [7, 11) is 0. The van der Waals surface area contributed by atoms with Gasteiger partial charge in [-0.2, -0.15) is 10.4 Å². The number of aliphatic hydroxyl groups excluding tert-OH is 1. The summed E-state index contributed by atoms with van der Waals surface area (Å²) in [6.45, 7) is 3.44. The summed E-state index contributed by atoms with van der Waals surface area (Å²) in [5.41, 5.74) is 1.33. The minimum atomic E-state index is -0.548. The molecule has 0 atom stereocenters. The number of hydrogen-bond acceptors (Lipinski definition) is 6. The van der Waals surface area contributed by atoms with Crippen LogP contribution in [0.4, 0.5) is 11.4 Å². The van der Waals surface area contributed by atoms with Crippen LogP contribution in [0.15, 0.2) is 33.2 Å². The van der Waals surface area contributed by atoms with Crippen LogP contribution in [0, 0.1) is 28.7 Å². The van der Waals surface area contributed by atoms with E-state index in [-0.39, 0.29) is 36.4 Å². The van der Waals surface area contributed by atoms with Gasteiger partial charge in [-0.15, -0.1) is 5.11 Å². The molecule has 0 amide bonds. The summed E-state index contributed by atoms with van der Waals surface area (Å²) < 4.78 is 2.13. The average Bonchev–Trinajstić information content (AvgIpc) is 2.58. The number of benzene rings is 1. The number of rotatable bonds is 5. The predicted octanol–water partition coefficient (Wildman–Crippen LogP) is 3.44. The Bertz CT molecular complexity index is 929. The van der Waals surface area contributed by atoms with Crippen LogP contribution < -0.4 is 5.56 Å². The number of nitriles is 1. The number of halogens is 1. The fraction of sp³-hybridized carbons (Fsp3) is 0.294. The lowest BCUT2D eigenvalue weighted by atomic mass is 10.1. The monoisotopic (exact) mass is 452 g/mol. The van der Waals surface area contributed by atoms with Crippen LogP contribution >= 0.6 is 22.6 Å². The molecule has 0 bridgehead atoms. The standard InChI is InChI=1S/C17H17IN4O3/c1-10-8-12(4-5-14(10)18)20-21-15-11(2)13(9-19)16(24)22(17(15)25)6-3-7-23/h4-5,8,23-24H,3,6-7H2,1-2H3. The van der Waals surface area contributed by atoms with Crippen molar-refractivity contribution >= 4 is 34.0 Å². The normalized spacial score (nSPS) is 11.0. The summed E-state index contributed by atoms with van der Waals surface area (Å²) in [6.07, 6.45) is 0.272. The van der Waals surface area contributed by atoms with Crippen LogP contribution in [-0.2, 0) is 6.54 Å². The molecule has 0 saturated carbocycles. The zero-order valence-electron chi connectivity index (χ0n) is 13.8. The molecule has 2 aromatic rings. The van der Waals surface area contributed by atoms with Gasteiger partial charge in [-0.1, -0.05) is 0 Å². The summed E-state index contributed by atoms with van der Waals surface area (Å²) in [6, 6.07) is 7.41. The van der Waals surface area contributed by atoms with Gasteiger partial charge >= 0.3 is 0 Å². The second kappa shape index (κ2) is 8.22. The van der Waals surface area contributed by atoms with Crippen LogP contribution in [0.2, 0.25) is 0 Å². The Hall–Kier alpha value is -2.25. The first-order chi connectivity index (χ1) is 11.9. The van der Waals surface area contributed by atoms with Crippen molar-refractivity contribution in [3.63, 3.8) is 0 Å². The molecule has 0 aliphatic rings. The van der Waals surface area contributed by atoms with Crippen molar-refractivity contribution in [3.8, 4) is 11.9 Å². The van der Waals surface area contributed by atoms with Crippen LogP contribution in [0.3, 0.4) is 0 Å². The second-order valence-corrected chi connectivity index (χ2v) is 6.61. The lowest BCUT2D eigenvalue weighted by Gasteiger charge is -2.12. The highest BCUT2D eigenvalue weighted by Crippen LogP contribution is 2.27. The molecule has 25 heavy (non-hydrogen) atoms. The molecule has 8 heteroatoms. The smallest absolute Gasteiger partial charge is 0.281 e. The van der Waals surface area contributed by atoms with Crippen molar-refractivity contribution in [1.29, 1.82) is 5.26 Å². The molecule has 130 valence electrons. The summed E-state index contributed by atoms with van der Waals surface area (Å²) >= 11 is 2.21. The third-order valence-corrected chi connectivity index (χ3v) is 4.93. The maximum absolute atomic E-state index is 12.6. The summed E-state index contributed by atoms with van der Waals surface area (Å²) in [5.74, 6) is -0.414.